The van der Waals surface area contributed by atoms with E-state index in [4.69, 9.17) is 12.2 Å². The van der Waals surface area contributed by atoms with Gasteiger partial charge in [0.25, 0.3) is 0 Å². The Balaban J connectivity index is 2.61. The van der Waals surface area contributed by atoms with Crippen molar-refractivity contribution in [2.45, 2.75) is 13.8 Å². The van der Waals surface area contributed by atoms with Crippen molar-refractivity contribution >= 4 is 55.8 Å². The van der Waals surface area contributed by atoms with Crippen molar-refractivity contribution in [2.24, 2.45) is 0 Å². The molecule has 0 radical (unpaired) electrons. The van der Waals surface area contributed by atoms with Crippen molar-refractivity contribution in [1.82, 2.24) is 4.90 Å². The molecule has 0 atom stereocenters. The molecule has 0 aromatic heterocycles. The standard InChI is InChI=1S/C13H15BrF2N2OS2/c1-3-18(4-2)13(20)21-7-11(19)17-12-9(14)5-8(15)6-10(12)16/h5-6H,3-4,7H2,1-2H3,(H,17,19). The number of benzene rings is 1. The van der Waals surface area contributed by atoms with E-state index in [1.165, 1.54) is 11.8 Å². The van der Waals surface area contributed by atoms with E-state index < -0.39 is 17.5 Å². The molecule has 3 nitrogen and oxygen atoms in total. The Morgan fingerprint density at radius 1 is 1.38 bits per heavy atom. The maximum atomic E-state index is 13.6. The van der Waals surface area contributed by atoms with Crippen LogP contribution in [0.5, 0.6) is 0 Å². The molecule has 0 aliphatic heterocycles. The summed E-state index contributed by atoms with van der Waals surface area (Å²) in [5.41, 5.74) is -0.0734. The third-order valence-electron chi connectivity index (χ3n) is 2.62. The summed E-state index contributed by atoms with van der Waals surface area (Å²) < 4.78 is 27.3. The van der Waals surface area contributed by atoms with Gasteiger partial charge in [0, 0.05) is 23.6 Å². The Morgan fingerprint density at radius 2 is 2.00 bits per heavy atom. The summed E-state index contributed by atoms with van der Waals surface area (Å²) in [5.74, 6) is -1.87. The number of hydrogen-bond acceptors (Lipinski definition) is 3. The molecule has 1 rings (SSSR count). The van der Waals surface area contributed by atoms with Crippen LogP contribution in [-0.2, 0) is 4.79 Å². The van der Waals surface area contributed by atoms with E-state index in [1.54, 1.807) is 0 Å². The molecule has 1 amide bonds. The molecule has 0 fully saturated rings. The van der Waals surface area contributed by atoms with Gasteiger partial charge in [-0.15, -0.1) is 0 Å². The highest BCUT2D eigenvalue weighted by atomic mass is 79.9. The van der Waals surface area contributed by atoms with Gasteiger partial charge in [-0.1, -0.05) is 24.0 Å². The molecule has 0 saturated heterocycles. The van der Waals surface area contributed by atoms with Gasteiger partial charge in [-0.05, 0) is 35.8 Å². The lowest BCUT2D eigenvalue weighted by Gasteiger charge is -2.20. The smallest absolute Gasteiger partial charge is 0.234 e. The Morgan fingerprint density at radius 3 is 2.52 bits per heavy atom. The number of nitrogens with zero attached hydrogens (tertiary/aromatic N) is 1. The van der Waals surface area contributed by atoms with Gasteiger partial charge >= 0.3 is 0 Å². The van der Waals surface area contributed by atoms with Crippen LogP contribution in [0.2, 0.25) is 0 Å². The minimum Gasteiger partial charge on any atom is -0.358 e. The van der Waals surface area contributed by atoms with E-state index in [2.05, 4.69) is 21.2 Å². The topological polar surface area (TPSA) is 32.3 Å². The average Bonchev–Trinajstić information content (AvgIpc) is 2.42. The number of carbonyl (C=O) groups is 1. The lowest BCUT2D eigenvalue weighted by atomic mass is 10.3. The molecule has 0 heterocycles. The highest BCUT2D eigenvalue weighted by Gasteiger charge is 2.14. The zero-order valence-electron chi connectivity index (χ0n) is 11.6. The summed E-state index contributed by atoms with van der Waals surface area (Å²) >= 11 is 9.43. The normalized spacial score (nSPS) is 10.3. The Hall–Kier alpha value is -0.730. The van der Waals surface area contributed by atoms with Gasteiger partial charge in [0.2, 0.25) is 5.91 Å². The van der Waals surface area contributed by atoms with E-state index in [0.717, 1.165) is 19.2 Å². The van der Waals surface area contributed by atoms with Crippen LogP contribution in [0, 0.1) is 11.6 Å². The Kier molecular flexibility index (Phi) is 7.55. The monoisotopic (exact) mass is 396 g/mol. The van der Waals surface area contributed by atoms with E-state index in [-0.39, 0.29) is 15.9 Å². The molecule has 1 aromatic rings. The molecule has 116 valence electrons. The minimum atomic E-state index is -0.827. The molecular formula is C13H15BrF2N2OS2. The highest BCUT2D eigenvalue weighted by Crippen LogP contribution is 2.27. The van der Waals surface area contributed by atoms with Crippen LogP contribution in [0.25, 0.3) is 0 Å². The van der Waals surface area contributed by atoms with E-state index in [9.17, 15) is 13.6 Å². The van der Waals surface area contributed by atoms with Crippen LogP contribution in [0.3, 0.4) is 0 Å². The molecule has 0 aliphatic carbocycles. The number of anilines is 1. The first-order valence-corrected chi connectivity index (χ1v) is 8.43. The number of carbonyl (C=O) groups excluding carboxylic acids is 1. The molecular weight excluding hydrogens is 382 g/mol. The first-order chi connectivity index (χ1) is 9.88. The quantitative estimate of drug-likeness (QED) is 0.761. The second-order valence-corrected chi connectivity index (χ2v) is 6.48. The van der Waals surface area contributed by atoms with Gasteiger partial charge in [-0.25, -0.2) is 8.78 Å². The van der Waals surface area contributed by atoms with Crippen molar-refractivity contribution in [2.75, 3.05) is 24.2 Å². The van der Waals surface area contributed by atoms with Gasteiger partial charge in [0.15, 0.2) is 5.82 Å². The molecule has 0 unspecified atom stereocenters. The van der Waals surface area contributed by atoms with Crippen LogP contribution in [-0.4, -0.2) is 34.0 Å². The van der Waals surface area contributed by atoms with Crippen molar-refractivity contribution < 1.29 is 13.6 Å². The predicted molar refractivity (Wildman–Crippen MR) is 90.7 cm³/mol. The van der Waals surface area contributed by atoms with E-state index >= 15 is 0 Å². The first kappa shape index (κ1) is 18.3. The summed E-state index contributed by atoms with van der Waals surface area (Å²) in [6, 6.07) is 1.81. The maximum absolute atomic E-state index is 13.6. The first-order valence-electron chi connectivity index (χ1n) is 6.25. The molecule has 8 heteroatoms. The van der Waals surface area contributed by atoms with Crippen molar-refractivity contribution in [3.63, 3.8) is 0 Å². The Labute approximate surface area is 140 Å². The van der Waals surface area contributed by atoms with E-state index in [0.29, 0.717) is 10.4 Å². The largest absolute Gasteiger partial charge is 0.358 e. The Bertz CT molecular complexity index is 516. The summed E-state index contributed by atoms with van der Waals surface area (Å²) in [6.07, 6.45) is 0. The lowest BCUT2D eigenvalue weighted by molar-refractivity contribution is -0.113. The molecule has 0 saturated carbocycles. The van der Waals surface area contributed by atoms with Crippen molar-refractivity contribution in [3.05, 3.63) is 28.2 Å². The van der Waals surface area contributed by atoms with Gasteiger partial charge < -0.3 is 10.2 Å². The maximum Gasteiger partial charge on any atom is 0.234 e. The molecule has 0 spiro atoms. The fraction of sp³-hybridized carbons (Fsp3) is 0.385. The SMILES string of the molecule is CCN(CC)C(=S)SCC(=O)Nc1c(F)cc(F)cc1Br. The van der Waals surface area contributed by atoms with Crippen LogP contribution < -0.4 is 5.32 Å². The van der Waals surface area contributed by atoms with Gasteiger partial charge in [-0.2, -0.15) is 0 Å². The van der Waals surface area contributed by atoms with Crippen LogP contribution in [0.4, 0.5) is 14.5 Å². The number of thioether (sulfide) groups is 1. The fourth-order valence-electron chi connectivity index (χ4n) is 1.54. The third-order valence-corrected chi connectivity index (χ3v) is 4.77. The van der Waals surface area contributed by atoms with Gasteiger partial charge in [0.1, 0.15) is 10.1 Å². The van der Waals surface area contributed by atoms with Crippen molar-refractivity contribution in [3.8, 4) is 0 Å². The van der Waals surface area contributed by atoms with Crippen molar-refractivity contribution in [1.29, 1.82) is 0 Å². The fourth-order valence-corrected chi connectivity index (χ4v) is 3.25. The third kappa shape index (κ3) is 5.52. The zero-order valence-corrected chi connectivity index (χ0v) is 14.8. The van der Waals surface area contributed by atoms with Gasteiger partial charge in [0.05, 0.1) is 11.4 Å². The average molecular weight is 397 g/mol. The second kappa shape index (κ2) is 8.65. The lowest BCUT2D eigenvalue weighted by Crippen LogP contribution is -2.28. The number of thiocarbonyl (C=S) groups is 1. The van der Waals surface area contributed by atoms with Crippen LogP contribution in [0.1, 0.15) is 13.8 Å². The van der Waals surface area contributed by atoms with Crippen LogP contribution >= 0.6 is 39.9 Å². The summed E-state index contributed by atoms with van der Waals surface area (Å²) in [4.78, 5) is 13.8. The zero-order chi connectivity index (χ0) is 16.0. The molecule has 0 bridgehead atoms. The number of nitrogens with one attached hydrogen (secondary N) is 1. The van der Waals surface area contributed by atoms with E-state index in [1.807, 2.05) is 18.7 Å². The number of hydrogen-bond donors (Lipinski definition) is 1. The molecule has 1 N–H and O–H groups in total. The summed E-state index contributed by atoms with van der Waals surface area (Å²) in [7, 11) is 0. The van der Waals surface area contributed by atoms with Gasteiger partial charge in [-0.3, -0.25) is 4.79 Å². The number of halogens is 3. The second-order valence-electron chi connectivity index (χ2n) is 4.02. The number of rotatable bonds is 5. The van der Waals surface area contributed by atoms with Crippen LogP contribution in [0.15, 0.2) is 16.6 Å². The minimum absolute atomic E-state index is 0.0680. The molecule has 0 aliphatic rings. The number of amides is 1. The summed E-state index contributed by atoms with van der Waals surface area (Å²) in [5, 5.41) is 2.41. The highest BCUT2D eigenvalue weighted by molar-refractivity contribution is 9.10. The summed E-state index contributed by atoms with van der Waals surface area (Å²) in [6.45, 7) is 5.48. The predicted octanol–water partition coefficient (Wildman–Crippen LogP) is 4.03. The molecule has 1 aromatic carbocycles. The molecule has 21 heavy (non-hydrogen) atoms.